The lowest BCUT2D eigenvalue weighted by Gasteiger charge is -2.26. The molecule has 0 aliphatic heterocycles. The molecule has 1 aromatic rings. The van der Waals surface area contributed by atoms with E-state index in [-0.39, 0.29) is 11.4 Å². The van der Waals surface area contributed by atoms with Gasteiger partial charge in [0.25, 0.3) is 5.91 Å². The first-order valence-corrected chi connectivity index (χ1v) is 5.54. The Morgan fingerprint density at radius 3 is 2.81 bits per heavy atom. The van der Waals surface area contributed by atoms with Crippen LogP contribution in [0.4, 0.5) is 5.69 Å². The summed E-state index contributed by atoms with van der Waals surface area (Å²) >= 11 is 0. The maximum Gasteiger partial charge on any atom is 0.272 e. The molecule has 1 aliphatic rings. The molecule has 0 spiro atoms. The Hall–Kier alpha value is -1.58. The number of pyridine rings is 1. The van der Waals surface area contributed by atoms with E-state index in [1.165, 1.54) is 12.8 Å². The predicted molar refractivity (Wildman–Crippen MR) is 62.9 cm³/mol. The Morgan fingerprint density at radius 2 is 2.25 bits per heavy atom. The molecule has 1 saturated carbocycles. The van der Waals surface area contributed by atoms with E-state index < -0.39 is 0 Å². The van der Waals surface area contributed by atoms with Gasteiger partial charge in [-0.1, -0.05) is 0 Å². The SMILES string of the molecule is CC(C)(NC(=O)c1ncccc1N)C1CC1. The molecular formula is C12H17N3O. The number of carbonyl (C=O) groups is 1. The first-order chi connectivity index (χ1) is 7.50. The van der Waals surface area contributed by atoms with E-state index in [0.29, 0.717) is 17.3 Å². The number of anilines is 1. The number of nitrogens with two attached hydrogens (primary N) is 1. The second-order valence-electron chi connectivity index (χ2n) is 4.89. The Balaban J connectivity index is 2.11. The maximum atomic E-state index is 12.0. The monoisotopic (exact) mass is 219 g/mol. The lowest BCUT2D eigenvalue weighted by atomic mass is 9.98. The normalized spacial score (nSPS) is 15.9. The summed E-state index contributed by atoms with van der Waals surface area (Å²) in [5.74, 6) is 0.399. The minimum Gasteiger partial charge on any atom is -0.397 e. The molecule has 0 aromatic carbocycles. The second-order valence-corrected chi connectivity index (χ2v) is 4.89. The minimum absolute atomic E-state index is 0.166. The standard InChI is InChI=1S/C12H17N3O/c1-12(2,8-5-6-8)15-11(16)10-9(13)4-3-7-14-10/h3-4,7-8H,5-6,13H2,1-2H3,(H,15,16). The van der Waals surface area contributed by atoms with E-state index in [0.717, 1.165) is 0 Å². The molecule has 1 heterocycles. The van der Waals surface area contributed by atoms with Gasteiger partial charge in [0.05, 0.1) is 5.69 Å². The van der Waals surface area contributed by atoms with Crippen molar-refractivity contribution in [2.24, 2.45) is 5.92 Å². The molecule has 1 aliphatic carbocycles. The Labute approximate surface area is 95.3 Å². The van der Waals surface area contributed by atoms with Gasteiger partial charge in [0.2, 0.25) is 0 Å². The molecule has 86 valence electrons. The molecule has 4 nitrogen and oxygen atoms in total. The van der Waals surface area contributed by atoms with Gasteiger partial charge >= 0.3 is 0 Å². The van der Waals surface area contributed by atoms with Crippen LogP contribution in [-0.4, -0.2) is 16.4 Å². The number of hydrogen-bond acceptors (Lipinski definition) is 3. The van der Waals surface area contributed by atoms with E-state index >= 15 is 0 Å². The van der Waals surface area contributed by atoms with Crippen LogP contribution < -0.4 is 11.1 Å². The highest BCUT2D eigenvalue weighted by molar-refractivity contribution is 5.97. The molecule has 0 radical (unpaired) electrons. The van der Waals surface area contributed by atoms with Crippen LogP contribution in [0, 0.1) is 5.92 Å². The van der Waals surface area contributed by atoms with Crippen LogP contribution in [-0.2, 0) is 0 Å². The maximum absolute atomic E-state index is 12.0. The summed E-state index contributed by atoms with van der Waals surface area (Å²) in [5, 5.41) is 2.99. The van der Waals surface area contributed by atoms with E-state index in [1.54, 1.807) is 18.3 Å². The number of hydrogen-bond donors (Lipinski definition) is 2. The van der Waals surface area contributed by atoms with Crippen LogP contribution in [0.2, 0.25) is 0 Å². The molecule has 1 amide bonds. The fourth-order valence-electron chi connectivity index (χ4n) is 1.87. The third kappa shape index (κ3) is 2.15. The number of rotatable bonds is 3. The van der Waals surface area contributed by atoms with Crippen molar-refractivity contribution in [1.29, 1.82) is 0 Å². The van der Waals surface area contributed by atoms with Crippen LogP contribution in [0.15, 0.2) is 18.3 Å². The van der Waals surface area contributed by atoms with Gasteiger partial charge < -0.3 is 11.1 Å². The van der Waals surface area contributed by atoms with Crippen molar-refractivity contribution in [3.8, 4) is 0 Å². The number of amides is 1. The van der Waals surface area contributed by atoms with Crippen LogP contribution in [0.25, 0.3) is 0 Å². The van der Waals surface area contributed by atoms with Gasteiger partial charge in [-0.25, -0.2) is 4.98 Å². The number of nitrogens with zero attached hydrogens (tertiary/aromatic N) is 1. The summed E-state index contributed by atoms with van der Waals surface area (Å²) in [4.78, 5) is 16.0. The lowest BCUT2D eigenvalue weighted by molar-refractivity contribution is 0.0899. The first-order valence-electron chi connectivity index (χ1n) is 5.54. The van der Waals surface area contributed by atoms with Crippen LogP contribution in [0.5, 0.6) is 0 Å². The van der Waals surface area contributed by atoms with E-state index in [2.05, 4.69) is 10.3 Å². The number of carbonyl (C=O) groups excluding carboxylic acids is 1. The average Bonchev–Trinajstić information content (AvgIpc) is 3.00. The Bertz CT molecular complexity index is 410. The topological polar surface area (TPSA) is 68.0 Å². The summed E-state index contributed by atoms with van der Waals surface area (Å²) in [5.41, 5.74) is 6.28. The van der Waals surface area contributed by atoms with Crippen LogP contribution in [0.3, 0.4) is 0 Å². The zero-order chi connectivity index (χ0) is 11.8. The summed E-state index contributed by atoms with van der Waals surface area (Å²) in [6.45, 7) is 4.09. The van der Waals surface area contributed by atoms with Crippen molar-refractivity contribution in [2.75, 3.05) is 5.73 Å². The molecule has 0 bridgehead atoms. The molecule has 1 aromatic heterocycles. The van der Waals surface area contributed by atoms with Crippen molar-refractivity contribution in [3.05, 3.63) is 24.0 Å². The van der Waals surface area contributed by atoms with Crippen LogP contribution in [0.1, 0.15) is 37.2 Å². The number of nitrogen functional groups attached to an aromatic ring is 1. The Kier molecular flexibility index (Phi) is 2.58. The number of aromatic nitrogens is 1. The summed E-state index contributed by atoms with van der Waals surface area (Å²) < 4.78 is 0. The second kappa shape index (κ2) is 3.77. The molecule has 2 rings (SSSR count). The molecule has 3 N–H and O–H groups in total. The molecule has 0 saturated heterocycles. The quantitative estimate of drug-likeness (QED) is 0.811. The summed E-state index contributed by atoms with van der Waals surface area (Å²) in [6, 6.07) is 3.41. The third-order valence-corrected chi connectivity index (χ3v) is 3.09. The average molecular weight is 219 g/mol. The van der Waals surface area contributed by atoms with Crippen molar-refractivity contribution < 1.29 is 4.79 Å². The largest absolute Gasteiger partial charge is 0.397 e. The van der Waals surface area contributed by atoms with Crippen LogP contribution >= 0.6 is 0 Å². The fraction of sp³-hybridized carbons (Fsp3) is 0.500. The molecule has 16 heavy (non-hydrogen) atoms. The van der Waals surface area contributed by atoms with Crippen molar-refractivity contribution >= 4 is 11.6 Å². The van der Waals surface area contributed by atoms with Gasteiger partial charge in [0.15, 0.2) is 5.69 Å². The van der Waals surface area contributed by atoms with Gasteiger partial charge in [-0.3, -0.25) is 4.79 Å². The summed E-state index contributed by atoms with van der Waals surface area (Å²) in [7, 11) is 0. The highest BCUT2D eigenvalue weighted by Gasteiger charge is 2.39. The minimum atomic E-state index is -0.185. The molecule has 0 atom stereocenters. The van der Waals surface area contributed by atoms with Crippen molar-refractivity contribution in [1.82, 2.24) is 10.3 Å². The molecular weight excluding hydrogens is 202 g/mol. The van der Waals surface area contributed by atoms with E-state index in [9.17, 15) is 4.79 Å². The van der Waals surface area contributed by atoms with E-state index in [1.807, 2.05) is 13.8 Å². The molecule has 0 unspecified atom stereocenters. The predicted octanol–water partition coefficient (Wildman–Crippen LogP) is 1.58. The number of nitrogens with one attached hydrogen (secondary N) is 1. The van der Waals surface area contributed by atoms with E-state index in [4.69, 9.17) is 5.73 Å². The van der Waals surface area contributed by atoms with Gasteiger partial charge in [0.1, 0.15) is 0 Å². The Morgan fingerprint density at radius 1 is 1.56 bits per heavy atom. The highest BCUT2D eigenvalue weighted by Crippen LogP contribution is 2.39. The molecule has 1 fully saturated rings. The van der Waals surface area contributed by atoms with Crippen molar-refractivity contribution in [3.63, 3.8) is 0 Å². The smallest absolute Gasteiger partial charge is 0.272 e. The third-order valence-electron chi connectivity index (χ3n) is 3.09. The van der Waals surface area contributed by atoms with Gasteiger partial charge in [-0.15, -0.1) is 0 Å². The van der Waals surface area contributed by atoms with Gasteiger partial charge in [-0.2, -0.15) is 0 Å². The zero-order valence-electron chi connectivity index (χ0n) is 9.66. The first kappa shape index (κ1) is 10.9. The van der Waals surface area contributed by atoms with Crippen molar-refractivity contribution in [2.45, 2.75) is 32.2 Å². The highest BCUT2D eigenvalue weighted by atomic mass is 16.2. The van der Waals surface area contributed by atoms with Gasteiger partial charge in [-0.05, 0) is 44.7 Å². The van der Waals surface area contributed by atoms with Gasteiger partial charge in [0, 0.05) is 11.7 Å². The fourth-order valence-corrected chi connectivity index (χ4v) is 1.87. The molecule has 4 heteroatoms. The summed E-state index contributed by atoms with van der Waals surface area (Å²) in [6.07, 6.45) is 3.95. The lowest BCUT2D eigenvalue weighted by Crippen LogP contribution is -2.45. The zero-order valence-corrected chi connectivity index (χ0v) is 9.66.